The molecule has 1 amide bonds. The summed E-state index contributed by atoms with van der Waals surface area (Å²) in [5, 5.41) is 2.99. The molecule has 0 fully saturated rings. The van der Waals surface area contributed by atoms with Crippen molar-refractivity contribution in [3.05, 3.63) is 53.8 Å². The molecule has 3 N–H and O–H groups in total. The molecule has 0 bridgehead atoms. The molecular formula is C16H14FN3O3S. The Morgan fingerprint density at radius 3 is 2.46 bits per heavy atom. The highest BCUT2D eigenvalue weighted by molar-refractivity contribution is 7.80. The summed E-state index contributed by atoms with van der Waals surface area (Å²) in [6.07, 6.45) is 0. The number of thiocarbonyl (C=S) groups is 1. The maximum atomic E-state index is 12.8. The molecule has 1 aliphatic rings. The molecule has 1 heterocycles. The summed E-state index contributed by atoms with van der Waals surface area (Å²) in [6.45, 7) is 0.936. The normalized spacial score (nSPS) is 12.2. The fourth-order valence-corrected chi connectivity index (χ4v) is 2.23. The van der Waals surface area contributed by atoms with Gasteiger partial charge in [-0.05, 0) is 54.7 Å². The Balaban J connectivity index is 1.55. The van der Waals surface area contributed by atoms with Crippen LogP contribution in [0.15, 0.2) is 42.5 Å². The van der Waals surface area contributed by atoms with E-state index in [0.29, 0.717) is 36.0 Å². The zero-order valence-electron chi connectivity index (χ0n) is 12.5. The van der Waals surface area contributed by atoms with Crippen LogP contribution in [0.2, 0.25) is 0 Å². The Morgan fingerprint density at radius 1 is 1.00 bits per heavy atom. The Labute approximate surface area is 142 Å². The number of fused-ring (bicyclic) bond motifs is 1. The van der Waals surface area contributed by atoms with Crippen LogP contribution >= 0.6 is 12.2 Å². The third kappa shape index (κ3) is 3.90. The molecule has 24 heavy (non-hydrogen) atoms. The molecule has 3 rings (SSSR count). The summed E-state index contributed by atoms with van der Waals surface area (Å²) < 4.78 is 23.7. The summed E-state index contributed by atoms with van der Waals surface area (Å²) in [6, 6.07) is 10.6. The summed E-state index contributed by atoms with van der Waals surface area (Å²) in [4.78, 5) is 12.1. The number of anilines is 1. The molecule has 2 aromatic carbocycles. The standard InChI is InChI=1S/C16H14FN3O3S/c17-11-2-4-12(5-3-11)18-16(24)20-19-15(21)10-1-6-13-14(9-10)23-8-7-22-13/h1-6,9H,7-8H2,(H,19,21)(H2,18,20,24). The molecule has 0 atom stereocenters. The summed E-state index contributed by atoms with van der Waals surface area (Å²) in [5.74, 6) is 0.418. The van der Waals surface area contributed by atoms with Crippen LogP contribution in [0.3, 0.4) is 0 Å². The van der Waals surface area contributed by atoms with Crippen LogP contribution in [0.5, 0.6) is 11.5 Å². The SMILES string of the molecule is O=C(NNC(=S)Nc1ccc(F)cc1)c1ccc2c(c1)OCCO2. The molecule has 0 aromatic heterocycles. The molecule has 124 valence electrons. The van der Waals surface area contributed by atoms with Gasteiger partial charge < -0.3 is 14.8 Å². The number of carbonyl (C=O) groups is 1. The second-order valence-electron chi connectivity index (χ2n) is 4.90. The van der Waals surface area contributed by atoms with Gasteiger partial charge in [-0.1, -0.05) is 0 Å². The number of ether oxygens (including phenoxy) is 2. The Kier molecular flexibility index (Phi) is 4.76. The van der Waals surface area contributed by atoms with E-state index in [1.54, 1.807) is 18.2 Å². The first kappa shape index (κ1) is 16.0. The minimum absolute atomic E-state index is 0.174. The van der Waals surface area contributed by atoms with E-state index in [4.69, 9.17) is 21.7 Å². The van der Waals surface area contributed by atoms with Crippen molar-refractivity contribution in [1.82, 2.24) is 10.9 Å². The number of nitrogens with one attached hydrogen (secondary N) is 3. The van der Waals surface area contributed by atoms with Crippen molar-refractivity contribution in [2.24, 2.45) is 0 Å². The predicted molar refractivity (Wildman–Crippen MR) is 90.7 cm³/mol. The highest BCUT2D eigenvalue weighted by Crippen LogP contribution is 2.30. The van der Waals surface area contributed by atoms with Gasteiger partial charge in [-0.2, -0.15) is 0 Å². The monoisotopic (exact) mass is 347 g/mol. The van der Waals surface area contributed by atoms with Gasteiger partial charge in [0.25, 0.3) is 5.91 Å². The Bertz CT molecular complexity index is 768. The summed E-state index contributed by atoms with van der Waals surface area (Å²) in [7, 11) is 0. The first-order valence-electron chi connectivity index (χ1n) is 7.14. The van der Waals surface area contributed by atoms with E-state index >= 15 is 0 Å². The first-order valence-corrected chi connectivity index (χ1v) is 7.55. The van der Waals surface area contributed by atoms with E-state index in [1.165, 1.54) is 24.3 Å². The Morgan fingerprint density at radius 2 is 1.71 bits per heavy atom. The molecule has 0 radical (unpaired) electrons. The van der Waals surface area contributed by atoms with Gasteiger partial charge in [0.15, 0.2) is 16.6 Å². The maximum Gasteiger partial charge on any atom is 0.269 e. The van der Waals surface area contributed by atoms with Crippen molar-refractivity contribution in [2.75, 3.05) is 18.5 Å². The molecule has 2 aromatic rings. The molecule has 1 aliphatic heterocycles. The third-order valence-electron chi connectivity index (χ3n) is 3.20. The minimum atomic E-state index is -0.379. The number of amides is 1. The Hall–Kier alpha value is -2.87. The number of benzene rings is 2. The number of rotatable bonds is 2. The van der Waals surface area contributed by atoms with Crippen LogP contribution in [-0.2, 0) is 0 Å². The van der Waals surface area contributed by atoms with E-state index in [-0.39, 0.29) is 16.8 Å². The highest BCUT2D eigenvalue weighted by atomic mass is 32.1. The van der Waals surface area contributed by atoms with Crippen molar-refractivity contribution in [1.29, 1.82) is 0 Å². The van der Waals surface area contributed by atoms with Crippen molar-refractivity contribution in [3.63, 3.8) is 0 Å². The molecule has 0 spiro atoms. The van der Waals surface area contributed by atoms with Crippen molar-refractivity contribution < 1.29 is 18.7 Å². The molecular weight excluding hydrogens is 333 g/mol. The molecule has 0 saturated heterocycles. The van der Waals surface area contributed by atoms with Gasteiger partial charge in [0.1, 0.15) is 19.0 Å². The lowest BCUT2D eigenvalue weighted by Gasteiger charge is -2.18. The van der Waals surface area contributed by atoms with E-state index < -0.39 is 0 Å². The fourth-order valence-electron chi connectivity index (χ4n) is 2.07. The van der Waals surface area contributed by atoms with Crippen LogP contribution in [-0.4, -0.2) is 24.2 Å². The largest absolute Gasteiger partial charge is 0.486 e. The molecule has 6 nitrogen and oxygen atoms in total. The van der Waals surface area contributed by atoms with E-state index in [9.17, 15) is 9.18 Å². The second kappa shape index (κ2) is 7.14. The lowest BCUT2D eigenvalue weighted by atomic mass is 10.2. The van der Waals surface area contributed by atoms with Crippen LogP contribution in [0, 0.1) is 5.82 Å². The van der Waals surface area contributed by atoms with Crippen molar-refractivity contribution in [3.8, 4) is 11.5 Å². The van der Waals surface area contributed by atoms with E-state index in [1.807, 2.05) is 0 Å². The minimum Gasteiger partial charge on any atom is -0.486 e. The van der Waals surface area contributed by atoms with Gasteiger partial charge in [-0.25, -0.2) is 4.39 Å². The third-order valence-corrected chi connectivity index (χ3v) is 3.40. The fraction of sp³-hybridized carbons (Fsp3) is 0.125. The second-order valence-corrected chi connectivity index (χ2v) is 5.31. The highest BCUT2D eigenvalue weighted by Gasteiger charge is 2.15. The van der Waals surface area contributed by atoms with Crippen LogP contribution in [0.25, 0.3) is 0 Å². The van der Waals surface area contributed by atoms with Gasteiger partial charge in [-0.15, -0.1) is 0 Å². The average Bonchev–Trinajstić information content (AvgIpc) is 2.61. The van der Waals surface area contributed by atoms with Gasteiger partial charge in [0.2, 0.25) is 0 Å². The van der Waals surface area contributed by atoms with Crippen LogP contribution in [0.1, 0.15) is 10.4 Å². The molecule has 0 unspecified atom stereocenters. The lowest BCUT2D eigenvalue weighted by molar-refractivity contribution is 0.0943. The summed E-state index contributed by atoms with van der Waals surface area (Å²) in [5.41, 5.74) is 6.05. The van der Waals surface area contributed by atoms with E-state index in [2.05, 4.69) is 16.2 Å². The predicted octanol–water partition coefficient (Wildman–Crippen LogP) is 2.23. The summed E-state index contributed by atoms with van der Waals surface area (Å²) >= 11 is 5.06. The van der Waals surface area contributed by atoms with Gasteiger partial charge in [0, 0.05) is 11.3 Å². The van der Waals surface area contributed by atoms with Gasteiger partial charge in [-0.3, -0.25) is 15.6 Å². The first-order chi connectivity index (χ1) is 11.6. The zero-order chi connectivity index (χ0) is 16.9. The average molecular weight is 347 g/mol. The van der Waals surface area contributed by atoms with Crippen molar-refractivity contribution >= 4 is 28.9 Å². The number of hydrogen-bond donors (Lipinski definition) is 3. The van der Waals surface area contributed by atoms with E-state index in [0.717, 1.165) is 0 Å². The molecule has 0 aliphatic carbocycles. The molecule has 8 heteroatoms. The number of hydrazine groups is 1. The number of halogens is 1. The number of carbonyl (C=O) groups excluding carboxylic acids is 1. The van der Waals surface area contributed by atoms with Crippen molar-refractivity contribution in [2.45, 2.75) is 0 Å². The maximum absolute atomic E-state index is 12.8. The topological polar surface area (TPSA) is 71.6 Å². The van der Waals surface area contributed by atoms with Gasteiger partial charge >= 0.3 is 0 Å². The number of hydrogen-bond acceptors (Lipinski definition) is 4. The lowest BCUT2D eigenvalue weighted by Crippen LogP contribution is -2.43. The van der Waals surface area contributed by atoms with Gasteiger partial charge in [0.05, 0.1) is 0 Å². The van der Waals surface area contributed by atoms with Crippen LogP contribution < -0.4 is 25.6 Å². The quantitative estimate of drug-likeness (QED) is 0.572. The molecule has 0 saturated carbocycles. The zero-order valence-corrected chi connectivity index (χ0v) is 13.3. The van der Waals surface area contributed by atoms with Crippen LogP contribution in [0.4, 0.5) is 10.1 Å². The smallest absolute Gasteiger partial charge is 0.269 e.